The summed E-state index contributed by atoms with van der Waals surface area (Å²) in [5, 5.41) is 3.99. The maximum atomic E-state index is 5.56. The van der Waals surface area contributed by atoms with Gasteiger partial charge in [-0.15, -0.1) is 0 Å². The lowest BCUT2D eigenvalue weighted by Crippen LogP contribution is -2.25. The molecule has 0 aliphatic heterocycles. The molecular weight excluding hydrogens is 216 g/mol. The minimum absolute atomic E-state index is 0.395. The van der Waals surface area contributed by atoms with Gasteiger partial charge in [-0.25, -0.2) is 0 Å². The van der Waals surface area contributed by atoms with E-state index in [9.17, 15) is 0 Å². The number of nitrogens with zero attached hydrogens (tertiary/aromatic N) is 3. The van der Waals surface area contributed by atoms with Gasteiger partial charge in [-0.05, 0) is 25.6 Å². The first-order valence-electron chi connectivity index (χ1n) is 6.43. The summed E-state index contributed by atoms with van der Waals surface area (Å²) in [4.78, 5) is 6.72. The molecule has 0 aliphatic carbocycles. The first-order valence-corrected chi connectivity index (χ1v) is 6.43. The van der Waals surface area contributed by atoms with Gasteiger partial charge in [0.25, 0.3) is 0 Å². The molecule has 0 radical (unpaired) electrons. The van der Waals surface area contributed by atoms with E-state index >= 15 is 0 Å². The second kappa shape index (κ2) is 7.40. The van der Waals surface area contributed by atoms with Crippen molar-refractivity contribution in [3.8, 4) is 0 Å². The standard InChI is InChI=1S/C12H24N4O/c1-4-16(5-2)7-6-11-14-12(17-15-11)8-10(3)9-13/h10H,4-9,13H2,1-3H3. The second-order valence-electron chi connectivity index (χ2n) is 4.43. The summed E-state index contributed by atoms with van der Waals surface area (Å²) in [6.45, 7) is 10.2. The molecule has 17 heavy (non-hydrogen) atoms. The minimum Gasteiger partial charge on any atom is -0.339 e. The van der Waals surface area contributed by atoms with E-state index in [2.05, 4.69) is 35.8 Å². The first-order chi connectivity index (χ1) is 8.19. The number of likely N-dealkylation sites (N-methyl/N-ethyl adjacent to an activating group) is 1. The van der Waals surface area contributed by atoms with Crippen molar-refractivity contribution in [2.45, 2.75) is 33.6 Å². The van der Waals surface area contributed by atoms with Crippen molar-refractivity contribution in [1.82, 2.24) is 15.0 Å². The Hall–Kier alpha value is -0.940. The average Bonchev–Trinajstić information content (AvgIpc) is 2.78. The summed E-state index contributed by atoms with van der Waals surface area (Å²) < 4.78 is 5.20. The van der Waals surface area contributed by atoms with Crippen LogP contribution < -0.4 is 5.73 Å². The first kappa shape index (κ1) is 14.1. The minimum atomic E-state index is 0.395. The van der Waals surface area contributed by atoms with E-state index in [4.69, 9.17) is 10.3 Å². The molecule has 0 saturated heterocycles. The zero-order chi connectivity index (χ0) is 12.7. The molecule has 1 rings (SSSR count). The lowest BCUT2D eigenvalue weighted by molar-refractivity contribution is 0.302. The van der Waals surface area contributed by atoms with Gasteiger partial charge in [0.05, 0.1) is 0 Å². The van der Waals surface area contributed by atoms with Crippen LogP contribution in [-0.2, 0) is 12.8 Å². The van der Waals surface area contributed by atoms with Crippen LogP contribution >= 0.6 is 0 Å². The zero-order valence-corrected chi connectivity index (χ0v) is 11.1. The molecule has 0 saturated carbocycles. The molecule has 1 heterocycles. The van der Waals surface area contributed by atoms with E-state index < -0.39 is 0 Å². The largest absolute Gasteiger partial charge is 0.339 e. The molecule has 0 fully saturated rings. The highest BCUT2D eigenvalue weighted by molar-refractivity contribution is 4.88. The van der Waals surface area contributed by atoms with Gasteiger partial charge >= 0.3 is 0 Å². The fourth-order valence-corrected chi connectivity index (χ4v) is 1.65. The Morgan fingerprint density at radius 1 is 1.35 bits per heavy atom. The molecule has 1 atom stereocenters. The van der Waals surface area contributed by atoms with Gasteiger partial charge in [-0.2, -0.15) is 4.98 Å². The summed E-state index contributed by atoms with van der Waals surface area (Å²) in [6.07, 6.45) is 1.62. The highest BCUT2D eigenvalue weighted by Gasteiger charge is 2.10. The molecule has 5 heteroatoms. The monoisotopic (exact) mass is 240 g/mol. The van der Waals surface area contributed by atoms with Crippen molar-refractivity contribution in [1.29, 1.82) is 0 Å². The molecule has 0 aliphatic rings. The third-order valence-electron chi connectivity index (χ3n) is 2.98. The number of hydrogen-bond acceptors (Lipinski definition) is 5. The topological polar surface area (TPSA) is 68.2 Å². The summed E-state index contributed by atoms with van der Waals surface area (Å²) >= 11 is 0. The van der Waals surface area contributed by atoms with E-state index in [0.717, 1.165) is 38.3 Å². The second-order valence-corrected chi connectivity index (χ2v) is 4.43. The zero-order valence-electron chi connectivity index (χ0n) is 11.1. The van der Waals surface area contributed by atoms with Gasteiger partial charge in [0.1, 0.15) is 0 Å². The number of aromatic nitrogens is 2. The quantitative estimate of drug-likeness (QED) is 0.736. The van der Waals surface area contributed by atoms with Gasteiger partial charge in [0.15, 0.2) is 5.82 Å². The van der Waals surface area contributed by atoms with E-state index in [1.165, 1.54) is 0 Å². The molecule has 0 spiro atoms. The van der Waals surface area contributed by atoms with Crippen molar-refractivity contribution in [2.75, 3.05) is 26.2 Å². The molecule has 1 aromatic rings. The summed E-state index contributed by atoms with van der Waals surface area (Å²) in [6, 6.07) is 0. The van der Waals surface area contributed by atoms with Crippen LogP contribution in [0.3, 0.4) is 0 Å². The number of nitrogens with two attached hydrogens (primary N) is 1. The molecule has 5 nitrogen and oxygen atoms in total. The smallest absolute Gasteiger partial charge is 0.226 e. The lowest BCUT2D eigenvalue weighted by Gasteiger charge is -2.16. The third-order valence-corrected chi connectivity index (χ3v) is 2.98. The van der Waals surface area contributed by atoms with Crippen molar-refractivity contribution >= 4 is 0 Å². The Morgan fingerprint density at radius 2 is 2.06 bits per heavy atom. The summed E-state index contributed by atoms with van der Waals surface area (Å²) in [7, 11) is 0. The molecule has 0 amide bonds. The van der Waals surface area contributed by atoms with E-state index in [-0.39, 0.29) is 0 Å². The fraction of sp³-hybridized carbons (Fsp3) is 0.833. The van der Waals surface area contributed by atoms with Crippen LogP contribution in [0.1, 0.15) is 32.5 Å². The van der Waals surface area contributed by atoms with Crippen LogP contribution in [0.5, 0.6) is 0 Å². The molecular formula is C12H24N4O. The van der Waals surface area contributed by atoms with E-state index in [1.54, 1.807) is 0 Å². The predicted octanol–water partition coefficient (Wildman–Crippen LogP) is 1.09. The van der Waals surface area contributed by atoms with Crippen LogP contribution in [0.15, 0.2) is 4.52 Å². The molecule has 0 bridgehead atoms. The van der Waals surface area contributed by atoms with Crippen LogP contribution in [0.25, 0.3) is 0 Å². The van der Waals surface area contributed by atoms with Crippen LogP contribution in [0.4, 0.5) is 0 Å². The van der Waals surface area contributed by atoms with Crippen LogP contribution in [-0.4, -0.2) is 41.2 Å². The Morgan fingerprint density at radius 3 is 2.65 bits per heavy atom. The molecule has 0 aromatic carbocycles. The Labute approximate surface area is 103 Å². The van der Waals surface area contributed by atoms with Crippen molar-refractivity contribution < 1.29 is 4.52 Å². The molecule has 2 N–H and O–H groups in total. The van der Waals surface area contributed by atoms with Crippen LogP contribution in [0, 0.1) is 5.92 Å². The van der Waals surface area contributed by atoms with Gasteiger partial charge in [-0.1, -0.05) is 25.9 Å². The van der Waals surface area contributed by atoms with Crippen molar-refractivity contribution in [3.05, 3.63) is 11.7 Å². The lowest BCUT2D eigenvalue weighted by atomic mass is 10.1. The van der Waals surface area contributed by atoms with Gasteiger partial charge in [0, 0.05) is 19.4 Å². The van der Waals surface area contributed by atoms with Crippen molar-refractivity contribution in [3.63, 3.8) is 0 Å². The normalized spacial score (nSPS) is 13.2. The SMILES string of the molecule is CCN(CC)CCc1noc(CC(C)CN)n1. The highest BCUT2D eigenvalue weighted by Crippen LogP contribution is 2.06. The number of hydrogen-bond donors (Lipinski definition) is 1. The maximum absolute atomic E-state index is 5.56. The Balaban J connectivity index is 2.40. The summed E-state index contributed by atoms with van der Waals surface area (Å²) in [5.74, 6) is 1.90. The molecule has 1 aromatic heterocycles. The van der Waals surface area contributed by atoms with Crippen LogP contribution in [0.2, 0.25) is 0 Å². The van der Waals surface area contributed by atoms with E-state index in [0.29, 0.717) is 18.4 Å². The Kier molecular flexibility index (Phi) is 6.15. The predicted molar refractivity (Wildman–Crippen MR) is 67.7 cm³/mol. The average molecular weight is 240 g/mol. The maximum Gasteiger partial charge on any atom is 0.226 e. The highest BCUT2D eigenvalue weighted by atomic mass is 16.5. The Bertz CT molecular complexity index is 309. The van der Waals surface area contributed by atoms with Gasteiger partial charge in [0.2, 0.25) is 5.89 Å². The third kappa shape index (κ3) is 4.83. The van der Waals surface area contributed by atoms with Gasteiger partial charge < -0.3 is 15.2 Å². The summed E-state index contributed by atoms with van der Waals surface area (Å²) in [5.41, 5.74) is 5.56. The van der Waals surface area contributed by atoms with E-state index in [1.807, 2.05) is 0 Å². The number of rotatable bonds is 8. The van der Waals surface area contributed by atoms with Gasteiger partial charge in [-0.3, -0.25) is 0 Å². The molecule has 1 unspecified atom stereocenters. The van der Waals surface area contributed by atoms with Crippen molar-refractivity contribution in [2.24, 2.45) is 11.7 Å². The fourth-order valence-electron chi connectivity index (χ4n) is 1.65. The molecule has 98 valence electrons.